The zero-order valence-electron chi connectivity index (χ0n) is 16.2. The first-order chi connectivity index (χ1) is 11.6. The summed E-state index contributed by atoms with van der Waals surface area (Å²) in [5.74, 6) is 5.09. The fourth-order valence-corrected chi connectivity index (χ4v) is 6.30. The second-order valence-electron chi connectivity index (χ2n) is 9.75. The number of rotatable bonds is 4. The van der Waals surface area contributed by atoms with Crippen molar-refractivity contribution in [3.8, 4) is 6.07 Å². The minimum absolute atomic E-state index is 0.00910. The summed E-state index contributed by atoms with van der Waals surface area (Å²) in [6, 6.07) is 2.57. The van der Waals surface area contributed by atoms with Crippen molar-refractivity contribution >= 4 is 0 Å². The average molecular weight is 330 g/mol. The van der Waals surface area contributed by atoms with Gasteiger partial charge in [0, 0.05) is 0 Å². The molecule has 0 bridgehead atoms. The molecule has 0 radical (unpaired) electrons. The van der Waals surface area contributed by atoms with Crippen molar-refractivity contribution in [2.45, 2.75) is 104 Å². The minimum atomic E-state index is -0.00910. The molecular weight excluding hydrogens is 290 g/mol. The first-order valence-corrected chi connectivity index (χ1v) is 11.0. The van der Waals surface area contributed by atoms with Crippen LogP contribution in [0.4, 0.5) is 0 Å². The Balaban J connectivity index is 1.40. The van der Waals surface area contributed by atoms with E-state index in [1.807, 2.05) is 0 Å². The molecule has 3 fully saturated rings. The molecule has 24 heavy (non-hydrogen) atoms. The Morgan fingerprint density at radius 2 is 1.17 bits per heavy atom. The van der Waals surface area contributed by atoms with Gasteiger partial charge in [-0.25, -0.2) is 0 Å². The summed E-state index contributed by atoms with van der Waals surface area (Å²) in [4.78, 5) is 0. The summed E-state index contributed by atoms with van der Waals surface area (Å²) in [7, 11) is 0. The molecule has 1 heteroatoms. The molecule has 0 heterocycles. The van der Waals surface area contributed by atoms with Crippen molar-refractivity contribution in [2.24, 2.45) is 35.0 Å². The molecule has 0 amide bonds. The van der Waals surface area contributed by atoms with Gasteiger partial charge < -0.3 is 0 Å². The van der Waals surface area contributed by atoms with Crippen LogP contribution < -0.4 is 0 Å². The lowest BCUT2D eigenvalue weighted by atomic mass is 9.63. The van der Waals surface area contributed by atoms with Gasteiger partial charge in [-0.1, -0.05) is 32.6 Å². The predicted octanol–water partition coefficient (Wildman–Crippen LogP) is 7.12. The van der Waals surface area contributed by atoms with E-state index in [1.165, 1.54) is 77.0 Å². The van der Waals surface area contributed by atoms with Crippen molar-refractivity contribution < 1.29 is 0 Å². The van der Waals surface area contributed by atoms with Crippen LogP contribution in [0, 0.1) is 46.3 Å². The van der Waals surface area contributed by atoms with Gasteiger partial charge in [0.1, 0.15) is 0 Å². The van der Waals surface area contributed by atoms with Gasteiger partial charge in [-0.05, 0) is 101 Å². The normalized spacial score (nSPS) is 44.0. The lowest BCUT2D eigenvalue weighted by molar-refractivity contribution is 0.0964. The minimum Gasteiger partial charge on any atom is -0.198 e. The first kappa shape index (κ1) is 18.3. The van der Waals surface area contributed by atoms with Crippen molar-refractivity contribution in [3.63, 3.8) is 0 Å². The van der Waals surface area contributed by atoms with Crippen LogP contribution in [0.1, 0.15) is 104 Å². The maximum absolute atomic E-state index is 9.33. The quantitative estimate of drug-likeness (QED) is 0.538. The molecule has 0 aromatic heterocycles. The maximum Gasteiger partial charge on any atom is 0.0686 e. The van der Waals surface area contributed by atoms with Gasteiger partial charge in [-0.3, -0.25) is 0 Å². The number of hydrogen-bond donors (Lipinski definition) is 0. The monoisotopic (exact) mass is 329 g/mol. The third-order valence-electron chi connectivity index (χ3n) is 8.14. The van der Waals surface area contributed by atoms with Gasteiger partial charge in [0.15, 0.2) is 0 Å². The molecular formula is C23H39N. The molecule has 136 valence electrons. The van der Waals surface area contributed by atoms with E-state index in [2.05, 4.69) is 19.9 Å². The maximum atomic E-state index is 9.33. The standard InChI is InChI=1S/C23H39N/c1-3-4-18-5-7-19(8-6-18)20-9-11-21(12-10-20)22-13-15-23(2,17-24)16-14-22/h18-22H,3-16H2,1-2H3/t18-,19-,20?,21?,22-,23-. The summed E-state index contributed by atoms with van der Waals surface area (Å²) < 4.78 is 0. The molecule has 0 unspecified atom stereocenters. The molecule has 3 rings (SSSR count). The highest BCUT2D eigenvalue weighted by atomic mass is 14.4. The van der Waals surface area contributed by atoms with Crippen LogP contribution in [0.25, 0.3) is 0 Å². The van der Waals surface area contributed by atoms with Crippen LogP contribution in [0.2, 0.25) is 0 Å². The zero-order chi connectivity index (χ0) is 17.0. The SMILES string of the molecule is CCC[C@H]1CC[C@H](C2CCC([C@H]3CC[C@](C)(C#N)CC3)CC2)CC1. The van der Waals surface area contributed by atoms with Crippen molar-refractivity contribution in [1.82, 2.24) is 0 Å². The molecule has 0 aliphatic heterocycles. The Bertz CT molecular complexity index is 410. The third kappa shape index (κ3) is 4.36. The lowest BCUT2D eigenvalue weighted by Gasteiger charge is -2.42. The van der Waals surface area contributed by atoms with E-state index in [0.717, 1.165) is 42.4 Å². The number of hydrogen-bond acceptors (Lipinski definition) is 1. The van der Waals surface area contributed by atoms with Crippen LogP contribution >= 0.6 is 0 Å². The highest BCUT2D eigenvalue weighted by molar-refractivity contribution is 4.99. The Labute approximate surface area is 150 Å². The Morgan fingerprint density at radius 3 is 1.58 bits per heavy atom. The third-order valence-corrected chi connectivity index (χ3v) is 8.14. The fourth-order valence-electron chi connectivity index (χ4n) is 6.30. The van der Waals surface area contributed by atoms with Gasteiger partial charge in [0.2, 0.25) is 0 Å². The average Bonchev–Trinajstić information content (AvgIpc) is 2.64. The Hall–Kier alpha value is -0.510. The molecule has 3 aliphatic rings. The van der Waals surface area contributed by atoms with Gasteiger partial charge in [-0.15, -0.1) is 0 Å². The van der Waals surface area contributed by atoms with E-state index in [-0.39, 0.29) is 5.41 Å². The van der Waals surface area contributed by atoms with E-state index in [9.17, 15) is 5.26 Å². The van der Waals surface area contributed by atoms with E-state index >= 15 is 0 Å². The van der Waals surface area contributed by atoms with Gasteiger partial charge in [0.05, 0.1) is 11.5 Å². The summed E-state index contributed by atoms with van der Waals surface area (Å²) in [6.07, 6.45) is 19.9. The molecule has 0 aromatic rings. The summed E-state index contributed by atoms with van der Waals surface area (Å²) >= 11 is 0. The van der Waals surface area contributed by atoms with Crippen molar-refractivity contribution in [1.29, 1.82) is 5.26 Å². The van der Waals surface area contributed by atoms with Crippen molar-refractivity contribution in [3.05, 3.63) is 0 Å². The smallest absolute Gasteiger partial charge is 0.0686 e. The van der Waals surface area contributed by atoms with Gasteiger partial charge >= 0.3 is 0 Å². The molecule has 3 aliphatic carbocycles. The Kier molecular flexibility index (Phi) is 6.28. The van der Waals surface area contributed by atoms with Crippen LogP contribution in [0.5, 0.6) is 0 Å². The molecule has 0 aromatic carbocycles. The summed E-state index contributed by atoms with van der Waals surface area (Å²) in [6.45, 7) is 4.52. The molecule has 1 nitrogen and oxygen atoms in total. The lowest BCUT2D eigenvalue weighted by Crippen LogP contribution is -2.31. The number of nitriles is 1. The highest BCUT2D eigenvalue weighted by Crippen LogP contribution is 2.48. The van der Waals surface area contributed by atoms with E-state index < -0.39 is 0 Å². The van der Waals surface area contributed by atoms with Crippen molar-refractivity contribution in [2.75, 3.05) is 0 Å². The van der Waals surface area contributed by atoms with Crippen LogP contribution in [0.3, 0.4) is 0 Å². The van der Waals surface area contributed by atoms with E-state index in [1.54, 1.807) is 0 Å². The zero-order valence-corrected chi connectivity index (χ0v) is 16.2. The second-order valence-corrected chi connectivity index (χ2v) is 9.75. The molecule has 0 spiro atoms. The second kappa shape index (κ2) is 8.25. The Morgan fingerprint density at radius 1 is 0.750 bits per heavy atom. The molecule has 0 N–H and O–H groups in total. The van der Waals surface area contributed by atoms with Gasteiger partial charge in [-0.2, -0.15) is 5.26 Å². The van der Waals surface area contributed by atoms with Crippen LogP contribution in [0.15, 0.2) is 0 Å². The van der Waals surface area contributed by atoms with Crippen LogP contribution in [-0.4, -0.2) is 0 Å². The van der Waals surface area contributed by atoms with E-state index in [0.29, 0.717) is 0 Å². The fraction of sp³-hybridized carbons (Fsp3) is 0.957. The summed E-state index contributed by atoms with van der Waals surface area (Å²) in [5.41, 5.74) is -0.00910. The molecule has 0 atom stereocenters. The highest BCUT2D eigenvalue weighted by Gasteiger charge is 2.37. The topological polar surface area (TPSA) is 23.8 Å². The van der Waals surface area contributed by atoms with Crippen LogP contribution in [-0.2, 0) is 0 Å². The van der Waals surface area contributed by atoms with Gasteiger partial charge in [0.25, 0.3) is 0 Å². The van der Waals surface area contributed by atoms with E-state index in [4.69, 9.17) is 0 Å². The summed E-state index contributed by atoms with van der Waals surface area (Å²) in [5, 5.41) is 9.33. The molecule has 0 saturated heterocycles. The number of nitrogens with zero attached hydrogens (tertiary/aromatic N) is 1. The first-order valence-electron chi connectivity index (χ1n) is 11.0. The predicted molar refractivity (Wildman–Crippen MR) is 101 cm³/mol. The largest absolute Gasteiger partial charge is 0.198 e. The molecule has 3 saturated carbocycles.